The predicted molar refractivity (Wildman–Crippen MR) is 103 cm³/mol. The molecule has 26 heavy (non-hydrogen) atoms. The van der Waals surface area contributed by atoms with Crippen LogP contribution in [0.2, 0.25) is 0 Å². The number of benzene rings is 1. The standard InChI is InChI=1S/C20H30N4O2/c1-15-4-2-6-18(12-15)22-20(26)24-9-3-5-17(14-24)19(25)23-10-7-16(13-21)8-11-23/h2,4,6,12,16-17H,3,5,7-11,13-14,21H2,1H3,(H,22,26). The summed E-state index contributed by atoms with van der Waals surface area (Å²) >= 11 is 0. The second kappa shape index (κ2) is 8.54. The van der Waals surface area contributed by atoms with E-state index >= 15 is 0 Å². The molecule has 3 rings (SSSR count). The van der Waals surface area contributed by atoms with Gasteiger partial charge in [0.15, 0.2) is 0 Å². The van der Waals surface area contributed by atoms with Gasteiger partial charge in [-0.15, -0.1) is 0 Å². The minimum Gasteiger partial charge on any atom is -0.342 e. The van der Waals surface area contributed by atoms with E-state index in [1.807, 2.05) is 36.1 Å². The van der Waals surface area contributed by atoms with Gasteiger partial charge in [0.2, 0.25) is 5.91 Å². The zero-order valence-electron chi connectivity index (χ0n) is 15.6. The third-order valence-electron chi connectivity index (χ3n) is 5.59. The van der Waals surface area contributed by atoms with Crippen molar-refractivity contribution in [3.05, 3.63) is 29.8 Å². The fraction of sp³-hybridized carbons (Fsp3) is 0.600. The Morgan fingerprint density at radius 1 is 1.15 bits per heavy atom. The van der Waals surface area contributed by atoms with Crippen molar-refractivity contribution in [3.8, 4) is 0 Å². The maximum Gasteiger partial charge on any atom is 0.321 e. The molecule has 0 bridgehead atoms. The van der Waals surface area contributed by atoms with Gasteiger partial charge in [0.05, 0.1) is 5.92 Å². The number of rotatable bonds is 3. The third kappa shape index (κ3) is 4.55. The summed E-state index contributed by atoms with van der Waals surface area (Å²) < 4.78 is 0. The number of nitrogens with two attached hydrogens (primary N) is 1. The molecule has 2 heterocycles. The maximum absolute atomic E-state index is 12.9. The second-order valence-corrected chi connectivity index (χ2v) is 7.59. The Kier molecular flexibility index (Phi) is 6.14. The Morgan fingerprint density at radius 3 is 2.62 bits per heavy atom. The molecule has 6 nitrogen and oxygen atoms in total. The first-order valence-corrected chi connectivity index (χ1v) is 9.68. The van der Waals surface area contributed by atoms with Gasteiger partial charge in [0, 0.05) is 31.9 Å². The molecule has 3 amide bonds. The van der Waals surface area contributed by atoms with Gasteiger partial charge in [-0.2, -0.15) is 0 Å². The zero-order chi connectivity index (χ0) is 18.5. The van der Waals surface area contributed by atoms with Crippen molar-refractivity contribution in [2.45, 2.75) is 32.6 Å². The monoisotopic (exact) mass is 358 g/mol. The lowest BCUT2D eigenvalue weighted by Crippen LogP contribution is -2.49. The Balaban J connectivity index is 1.55. The van der Waals surface area contributed by atoms with Crippen LogP contribution < -0.4 is 11.1 Å². The number of nitrogens with zero attached hydrogens (tertiary/aromatic N) is 2. The fourth-order valence-electron chi connectivity index (χ4n) is 3.94. The van der Waals surface area contributed by atoms with Crippen LogP contribution in [0.15, 0.2) is 24.3 Å². The molecule has 6 heteroatoms. The number of amides is 3. The number of carbonyl (C=O) groups excluding carboxylic acids is 2. The van der Waals surface area contributed by atoms with E-state index in [1.165, 1.54) is 0 Å². The summed E-state index contributed by atoms with van der Waals surface area (Å²) in [6.07, 6.45) is 3.72. The van der Waals surface area contributed by atoms with Crippen LogP contribution in [0.3, 0.4) is 0 Å². The molecule has 1 atom stereocenters. The minimum atomic E-state index is -0.116. The van der Waals surface area contributed by atoms with Crippen molar-refractivity contribution in [1.29, 1.82) is 0 Å². The SMILES string of the molecule is Cc1cccc(NC(=O)N2CCCC(C(=O)N3CCC(CN)CC3)C2)c1. The first-order chi connectivity index (χ1) is 12.6. The first kappa shape index (κ1) is 18.7. The summed E-state index contributed by atoms with van der Waals surface area (Å²) in [5.41, 5.74) is 7.64. The number of anilines is 1. The summed E-state index contributed by atoms with van der Waals surface area (Å²) in [5.74, 6) is 0.664. The largest absolute Gasteiger partial charge is 0.342 e. The molecule has 2 fully saturated rings. The normalized spacial score (nSPS) is 21.5. The van der Waals surface area contributed by atoms with E-state index in [-0.39, 0.29) is 17.9 Å². The molecule has 2 aliphatic rings. The van der Waals surface area contributed by atoms with E-state index in [9.17, 15) is 9.59 Å². The molecule has 1 unspecified atom stereocenters. The molecule has 1 aromatic rings. The molecule has 2 aliphatic heterocycles. The number of urea groups is 1. The molecule has 2 saturated heterocycles. The van der Waals surface area contributed by atoms with Gasteiger partial charge in [-0.25, -0.2) is 4.79 Å². The summed E-state index contributed by atoms with van der Waals surface area (Å²) in [6.45, 7) is 5.51. The van der Waals surface area contributed by atoms with Crippen molar-refractivity contribution >= 4 is 17.6 Å². The highest BCUT2D eigenvalue weighted by molar-refractivity contribution is 5.90. The number of carbonyl (C=O) groups is 2. The Morgan fingerprint density at radius 2 is 1.92 bits per heavy atom. The average molecular weight is 358 g/mol. The van der Waals surface area contributed by atoms with Crippen molar-refractivity contribution < 1.29 is 9.59 Å². The third-order valence-corrected chi connectivity index (χ3v) is 5.59. The highest BCUT2D eigenvalue weighted by atomic mass is 16.2. The number of hydrogen-bond donors (Lipinski definition) is 2. The maximum atomic E-state index is 12.9. The van der Waals surface area contributed by atoms with Crippen LogP contribution in [-0.4, -0.2) is 54.5 Å². The Bertz CT molecular complexity index is 640. The smallest absolute Gasteiger partial charge is 0.321 e. The average Bonchev–Trinajstić information content (AvgIpc) is 2.67. The van der Waals surface area contributed by atoms with Gasteiger partial charge in [0.1, 0.15) is 0 Å². The van der Waals surface area contributed by atoms with Crippen LogP contribution in [0.25, 0.3) is 0 Å². The number of piperidine rings is 2. The van der Waals surface area contributed by atoms with Crippen LogP contribution in [0.5, 0.6) is 0 Å². The molecule has 0 aliphatic carbocycles. The van der Waals surface area contributed by atoms with Gasteiger partial charge in [0.25, 0.3) is 0 Å². The lowest BCUT2D eigenvalue weighted by Gasteiger charge is -2.37. The van der Waals surface area contributed by atoms with Gasteiger partial charge in [-0.3, -0.25) is 4.79 Å². The van der Waals surface area contributed by atoms with Gasteiger partial charge >= 0.3 is 6.03 Å². The van der Waals surface area contributed by atoms with Gasteiger partial charge < -0.3 is 20.9 Å². The van der Waals surface area contributed by atoms with Crippen molar-refractivity contribution in [1.82, 2.24) is 9.80 Å². The summed E-state index contributed by atoms with van der Waals surface area (Å²) in [4.78, 5) is 29.2. The van der Waals surface area contributed by atoms with E-state index in [0.717, 1.165) is 50.0 Å². The predicted octanol–water partition coefficient (Wildman–Crippen LogP) is 2.44. The van der Waals surface area contributed by atoms with Crippen LogP contribution in [0.1, 0.15) is 31.2 Å². The first-order valence-electron chi connectivity index (χ1n) is 9.68. The quantitative estimate of drug-likeness (QED) is 0.871. The molecular formula is C20H30N4O2. The van der Waals surface area contributed by atoms with Crippen molar-refractivity contribution in [3.63, 3.8) is 0 Å². The molecular weight excluding hydrogens is 328 g/mol. The molecule has 0 saturated carbocycles. The van der Waals surface area contributed by atoms with E-state index in [0.29, 0.717) is 25.6 Å². The van der Waals surface area contributed by atoms with E-state index < -0.39 is 0 Å². The summed E-state index contributed by atoms with van der Waals surface area (Å²) in [7, 11) is 0. The van der Waals surface area contributed by atoms with Crippen LogP contribution in [-0.2, 0) is 4.79 Å². The Labute approximate surface area is 155 Å². The van der Waals surface area contributed by atoms with E-state index in [2.05, 4.69) is 5.32 Å². The summed E-state index contributed by atoms with van der Waals surface area (Å²) in [5, 5.41) is 2.95. The number of hydrogen-bond acceptors (Lipinski definition) is 3. The molecule has 3 N–H and O–H groups in total. The Hall–Kier alpha value is -2.08. The second-order valence-electron chi connectivity index (χ2n) is 7.59. The summed E-state index contributed by atoms with van der Waals surface area (Å²) in [6, 6.07) is 7.65. The molecule has 0 spiro atoms. The van der Waals surface area contributed by atoms with Crippen molar-refractivity contribution in [2.75, 3.05) is 38.0 Å². The number of likely N-dealkylation sites (tertiary alicyclic amines) is 2. The lowest BCUT2D eigenvalue weighted by atomic mass is 9.93. The van der Waals surface area contributed by atoms with Crippen LogP contribution >= 0.6 is 0 Å². The zero-order valence-corrected chi connectivity index (χ0v) is 15.6. The van der Waals surface area contributed by atoms with E-state index in [4.69, 9.17) is 5.73 Å². The lowest BCUT2D eigenvalue weighted by molar-refractivity contribution is -0.138. The van der Waals surface area contributed by atoms with Crippen LogP contribution in [0, 0.1) is 18.8 Å². The van der Waals surface area contributed by atoms with Crippen molar-refractivity contribution in [2.24, 2.45) is 17.6 Å². The molecule has 0 aromatic heterocycles. The highest BCUT2D eigenvalue weighted by Gasteiger charge is 2.32. The topological polar surface area (TPSA) is 78.7 Å². The van der Waals surface area contributed by atoms with E-state index in [1.54, 1.807) is 4.90 Å². The fourth-order valence-corrected chi connectivity index (χ4v) is 3.94. The molecule has 1 aromatic carbocycles. The number of nitrogens with one attached hydrogen (secondary N) is 1. The van der Waals surface area contributed by atoms with Gasteiger partial charge in [-0.1, -0.05) is 12.1 Å². The highest BCUT2D eigenvalue weighted by Crippen LogP contribution is 2.23. The van der Waals surface area contributed by atoms with Gasteiger partial charge in [-0.05, 0) is 62.8 Å². The van der Waals surface area contributed by atoms with Crippen LogP contribution in [0.4, 0.5) is 10.5 Å². The minimum absolute atomic E-state index is 0.0820. The molecule has 0 radical (unpaired) electrons. The number of aryl methyl sites for hydroxylation is 1. The molecule has 142 valence electrons.